The van der Waals surface area contributed by atoms with E-state index in [0.29, 0.717) is 17.7 Å². The molecule has 0 aliphatic rings. The molecule has 3 rings (SSSR count). The molecule has 174 valence electrons. The maximum Gasteiger partial charge on any atom is 0.573 e. The van der Waals surface area contributed by atoms with Crippen molar-refractivity contribution in [3.63, 3.8) is 0 Å². The van der Waals surface area contributed by atoms with E-state index in [1.54, 1.807) is 0 Å². The van der Waals surface area contributed by atoms with Crippen LogP contribution in [0.25, 0.3) is 0 Å². The Hall–Kier alpha value is -3.48. The molecule has 0 fully saturated rings. The molecule has 0 aliphatic carbocycles. The summed E-state index contributed by atoms with van der Waals surface area (Å²) in [5, 5.41) is 10.0. The number of ether oxygens (including phenoxy) is 1. The average molecular weight is 494 g/mol. The molecule has 0 unspecified atom stereocenters. The quantitative estimate of drug-likeness (QED) is 0.224. The highest BCUT2D eigenvalue weighted by Gasteiger charge is 2.34. The standard InChI is InChI=1S/C19H11ClF7N5O/c20-15-8-16(32-28-9-10-1-4-12(5-2-10)33-19(25,26)27)31-17(30-15)29-11-3-6-14(21)13(7-11)18(22,23)24/h1-8H,9H2,(H,29,30,31). The number of alkyl halides is 6. The van der Waals surface area contributed by atoms with Gasteiger partial charge in [0, 0.05) is 11.8 Å². The number of anilines is 2. The number of hydrogen-bond acceptors (Lipinski definition) is 6. The van der Waals surface area contributed by atoms with Crippen molar-refractivity contribution in [2.45, 2.75) is 19.1 Å². The molecule has 6 nitrogen and oxygen atoms in total. The summed E-state index contributed by atoms with van der Waals surface area (Å²) in [6.45, 7) is -0.0242. The number of azo groups is 1. The predicted octanol–water partition coefficient (Wildman–Crippen LogP) is 7.21. The molecular formula is C19H11ClF7N5O. The highest BCUT2D eigenvalue weighted by Crippen LogP contribution is 2.33. The fourth-order valence-electron chi connectivity index (χ4n) is 2.45. The lowest BCUT2D eigenvalue weighted by Crippen LogP contribution is -2.16. The molecule has 0 aliphatic heterocycles. The Morgan fingerprint density at radius 1 is 0.939 bits per heavy atom. The van der Waals surface area contributed by atoms with Crippen LogP contribution in [0.2, 0.25) is 5.15 Å². The summed E-state index contributed by atoms with van der Waals surface area (Å²) < 4.78 is 92.3. The predicted molar refractivity (Wildman–Crippen MR) is 103 cm³/mol. The monoisotopic (exact) mass is 493 g/mol. The smallest absolute Gasteiger partial charge is 0.406 e. The third-order valence-electron chi connectivity index (χ3n) is 3.79. The van der Waals surface area contributed by atoms with Crippen molar-refractivity contribution in [3.05, 3.63) is 70.6 Å². The molecule has 0 spiro atoms. The lowest BCUT2D eigenvalue weighted by molar-refractivity contribution is -0.274. The molecule has 0 bridgehead atoms. The van der Waals surface area contributed by atoms with Crippen LogP contribution in [-0.2, 0) is 12.7 Å². The molecule has 0 radical (unpaired) electrons. The van der Waals surface area contributed by atoms with Gasteiger partial charge in [-0.15, -0.1) is 18.3 Å². The van der Waals surface area contributed by atoms with Gasteiger partial charge in [0.2, 0.25) is 5.95 Å². The Morgan fingerprint density at radius 3 is 2.27 bits per heavy atom. The zero-order valence-corrected chi connectivity index (χ0v) is 16.8. The van der Waals surface area contributed by atoms with Crippen LogP contribution < -0.4 is 10.1 Å². The SMILES string of the molecule is Fc1ccc(Nc2nc(Cl)cc(N=NCc3ccc(OC(F)(F)F)cc3)n2)cc1C(F)(F)F. The number of hydrogen-bond donors (Lipinski definition) is 1. The van der Waals surface area contributed by atoms with Crippen molar-refractivity contribution in [1.29, 1.82) is 0 Å². The summed E-state index contributed by atoms with van der Waals surface area (Å²) in [5.41, 5.74) is -1.10. The number of aromatic nitrogens is 2. The molecule has 2 aromatic carbocycles. The minimum atomic E-state index is -4.90. The fraction of sp³-hybridized carbons (Fsp3) is 0.158. The summed E-state index contributed by atoms with van der Waals surface area (Å²) in [5.74, 6) is -2.10. The molecule has 0 saturated carbocycles. The van der Waals surface area contributed by atoms with E-state index in [4.69, 9.17) is 11.6 Å². The highest BCUT2D eigenvalue weighted by molar-refractivity contribution is 6.29. The largest absolute Gasteiger partial charge is 0.573 e. The van der Waals surface area contributed by atoms with Crippen molar-refractivity contribution >= 4 is 29.1 Å². The van der Waals surface area contributed by atoms with Crippen molar-refractivity contribution in [3.8, 4) is 5.75 Å². The summed E-state index contributed by atoms with van der Waals surface area (Å²) in [6.07, 6.45) is -9.70. The van der Waals surface area contributed by atoms with Crippen molar-refractivity contribution in [1.82, 2.24) is 9.97 Å². The summed E-state index contributed by atoms with van der Waals surface area (Å²) in [4.78, 5) is 7.75. The Kier molecular flexibility index (Phi) is 7.01. The first kappa shape index (κ1) is 24.2. The van der Waals surface area contributed by atoms with Gasteiger partial charge in [-0.05, 0) is 35.9 Å². The van der Waals surface area contributed by atoms with Gasteiger partial charge < -0.3 is 10.1 Å². The van der Waals surface area contributed by atoms with E-state index >= 15 is 0 Å². The lowest BCUT2D eigenvalue weighted by atomic mass is 10.2. The first-order valence-corrected chi connectivity index (χ1v) is 9.17. The van der Waals surface area contributed by atoms with E-state index in [1.807, 2.05) is 0 Å². The topological polar surface area (TPSA) is 71.8 Å². The molecule has 3 aromatic rings. The van der Waals surface area contributed by atoms with Gasteiger partial charge in [0.15, 0.2) is 5.82 Å². The highest BCUT2D eigenvalue weighted by atomic mass is 35.5. The van der Waals surface area contributed by atoms with Crippen LogP contribution >= 0.6 is 11.6 Å². The first-order chi connectivity index (χ1) is 15.4. The van der Waals surface area contributed by atoms with Crippen LogP contribution in [0.15, 0.2) is 58.8 Å². The Morgan fingerprint density at radius 2 is 1.64 bits per heavy atom. The normalized spacial score (nSPS) is 12.2. The first-order valence-electron chi connectivity index (χ1n) is 8.79. The number of halogens is 8. The van der Waals surface area contributed by atoms with Gasteiger partial charge in [-0.3, -0.25) is 0 Å². The molecule has 1 heterocycles. The van der Waals surface area contributed by atoms with Crippen LogP contribution in [-0.4, -0.2) is 16.3 Å². The minimum Gasteiger partial charge on any atom is -0.406 e. The minimum absolute atomic E-state index is 0.0242. The Balaban J connectivity index is 1.70. The maximum atomic E-state index is 13.4. The van der Waals surface area contributed by atoms with Crippen LogP contribution in [0.3, 0.4) is 0 Å². The van der Waals surface area contributed by atoms with E-state index < -0.39 is 29.7 Å². The Bertz CT molecular complexity index is 1150. The molecular weight excluding hydrogens is 483 g/mol. The lowest BCUT2D eigenvalue weighted by Gasteiger charge is -2.11. The molecule has 1 N–H and O–H groups in total. The van der Waals surface area contributed by atoms with Gasteiger partial charge >= 0.3 is 12.5 Å². The van der Waals surface area contributed by atoms with Gasteiger partial charge in [-0.1, -0.05) is 23.7 Å². The molecule has 0 saturated heterocycles. The van der Waals surface area contributed by atoms with Crippen molar-refractivity contribution in [2.75, 3.05) is 5.32 Å². The molecule has 14 heteroatoms. The van der Waals surface area contributed by atoms with Gasteiger partial charge in [-0.2, -0.15) is 23.3 Å². The second-order valence-corrected chi connectivity index (χ2v) is 6.67. The number of nitrogens with zero attached hydrogens (tertiary/aromatic N) is 4. The molecule has 1 aromatic heterocycles. The molecule has 0 amide bonds. The van der Waals surface area contributed by atoms with E-state index in [9.17, 15) is 30.7 Å². The zero-order chi connectivity index (χ0) is 24.2. The average Bonchev–Trinajstić information content (AvgIpc) is 2.68. The third-order valence-corrected chi connectivity index (χ3v) is 3.99. The third kappa shape index (κ3) is 7.27. The van der Waals surface area contributed by atoms with Crippen LogP contribution in [0.1, 0.15) is 11.1 Å². The van der Waals surface area contributed by atoms with E-state index in [2.05, 4.69) is 30.3 Å². The fourth-order valence-corrected chi connectivity index (χ4v) is 2.63. The van der Waals surface area contributed by atoms with Gasteiger partial charge in [-0.25, -0.2) is 9.37 Å². The molecule has 0 atom stereocenters. The van der Waals surface area contributed by atoms with E-state index in [0.717, 1.165) is 18.2 Å². The van der Waals surface area contributed by atoms with Gasteiger partial charge in [0.1, 0.15) is 16.7 Å². The van der Waals surface area contributed by atoms with Crippen molar-refractivity contribution < 1.29 is 35.5 Å². The molecule has 33 heavy (non-hydrogen) atoms. The van der Waals surface area contributed by atoms with Crippen LogP contribution in [0, 0.1) is 5.82 Å². The van der Waals surface area contributed by atoms with Gasteiger partial charge in [0.05, 0.1) is 12.1 Å². The van der Waals surface area contributed by atoms with Crippen LogP contribution in [0.5, 0.6) is 5.75 Å². The summed E-state index contributed by atoms with van der Waals surface area (Å²) in [6, 6.07) is 8.40. The summed E-state index contributed by atoms with van der Waals surface area (Å²) in [7, 11) is 0. The van der Waals surface area contributed by atoms with Gasteiger partial charge in [0.25, 0.3) is 0 Å². The second-order valence-electron chi connectivity index (χ2n) is 6.28. The van der Waals surface area contributed by atoms with E-state index in [-0.39, 0.29) is 29.2 Å². The number of rotatable bonds is 6. The summed E-state index contributed by atoms with van der Waals surface area (Å²) >= 11 is 5.87. The maximum absolute atomic E-state index is 13.4. The van der Waals surface area contributed by atoms with Crippen LogP contribution in [0.4, 0.5) is 48.2 Å². The van der Waals surface area contributed by atoms with E-state index in [1.165, 1.54) is 18.2 Å². The van der Waals surface area contributed by atoms with Crippen molar-refractivity contribution in [2.24, 2.45) is 10.2 Å². The Labute approximate surface area is 186 Å². The number of nitrogens with one attached hydrogen (secondary N) is 1. The second kappa shape index (κ2) is 9.57. The zero-order valence-electron chi connectivity index (χ0n) is 16.0. The number of benzene rings is 2.